The van der Waals surface area contributed by atoms with Gasteiger partial charge < -0.3 is 14.8 Å². The molecule has 1 amide bonds. The quantitative estimate of drug-likeness (QED) is 0.391. The number of nitrogens with zero attached hydrogens (tertiary/aromatic N) is 5. The number of hydrogen-bond donors (Lipinski definition) is 2. The van der Waals surface area contributed by atoms with Gasteiger partial charge in [0.25, 0.3) is 5.91 Å². The van der Waals surface area contributed by atoms with Gasteiger partial charge in [-0.1, -0.05) is 23.7 Å². The van der Waals surface area contributed by atoms with Crippen LogP contribution >= 0.6 is 11.6 Å². The van der Waals surface area contributed by atoms with Crippen molar-refractivity contribution in [2.24, 2.45) is 0 Å². The number of ether oxygens (including phenoxy) is 2. The molecule has 172 valence electrons. The Hall–Kier alpha value is -4.07. The van der Waals surface area contributed by atoms with E-state index in [2.05, 4.69) is 30.5 Å². The van der Waals surface area contributed by atoms with Gasteiger partial charge in [-0.15, -0.1) is 0 Å². The number of nitrogens with one attached hydrogen (secondary N) is 2. The number of pyridine rings is 1. The molecule has 10 nitrogen and oxygen atoms in total. The molecule has 3 aromatic heterocycles. The number of aromatic nitrogens is 5. The summed E-state index contributed by atoms with van der Waals surface area (Å²) in [6.07, 6.45) is 1.68. The average Bonchev–Trinajstić information content (AvgIpc) is 3.31. The molecule has 34 heavy (non-hydrogen) atoms. The van der Waals surface area contributed by atoms with Crippen LogP contribution in [0.25, 0.3) is 22.4 Å². The highest BCUT2D eigenvalue weighted by Crippen LogP contribution is 2.30. The summed E-state index contributed by atoms with van der Waals surface area (Å²) in [7, 11) is 0. The zero-order valence-corrected chi connectivity index (χ0v) is 19.1. The maximum absolute atomic E-state index is 13.1. The molecule has 0 aliphatic rings. The Morgan fingerprint density at radius 1 is 1.21 bits per heavy atom. The molecule has 11 heteroatoms. The van der Waals surface area contributed by atoms with Crippen molar-refractivity contribution in [2.75, 3.05) is 11.9 Å². The molecule has 4 rings (SSSR count). The van der Waals surface area contributed by atoms with Crippen molar-refractivity contribution in [1.82, 2.24) is 25.1 Å². The normalized spacial score (nSPS) is 11.9. The van der Waals surface area contributed by atoms with Gasteiger partial charge in [-0.25, -0.2) is 9.97 Å². The molecule has 0 radical (unpaired) electrons. The van der Waals surface area contributed by atoms with Gasteiger partial charge in [0.05, 0.1) is 29.5 Å². The maximum atomic E-state index is 13.1. The largest absolute Gasteiger partial charge is 0.461 e. The van der Waals surface area contributed by atoms with Crippen molar-refractivity contribution in [3.63, 3.8) is 0 Å². The van der Waals surface area contributed by atoms with Gasteiger partial charge in [0, 0.05) is 11.8 Å². The van der Waals surface area contributed by atoms with Crippen LogP contribution < -0.4 is 10.1 Å². The first-order chi connectivity index (χ1) is 16.4. The summed E-state index contributed by atoms with van der Waals surface area (Å²) in [6, 6.07) is 12.2. The van der Waals surface area contributed by atoms with Crippen molar-refractivity contribution in [3.8, 4) is 23.3 Å². The third-order valence-corrected chi connectivity index (χ3v) is 4.99. The SMILES string of the molecule is CC(C)OCC(Oc1nc(-c2ccccc2Cl)nc2[nH]ncc12)C(=O)Nc1ccc(C#N)cn1. The van der Waals surface area contributed by atoms with Crippen molar-refractivity contribution >= 4 is 34.4 Å². The van der Waals surface area contributed by atoms with E-state index in [-0.39, 0.29) is 24.4 Å². The summed E-state index contributed by atoms with van der Waals surface area (Å²) in [5.41, 5.74) is 1.41. The van der Waals surface area contributed by atoms with Crippen molar-refractivity contribution in [1.29, 1.82) is 5.26 Å². The number of hydrogen-bond acceptors (Lipinski definition) is 8. The number of carbonyl (C=O) groups excluding carboxylic acids is 1. The minimum atomic E-state index is -1.06. The van der Waals surface area contributed by atoms with Crippen LogP contribution in [0.15, 0.2) is 48.8 Å². The van der Waals surface area contributed by atoms with Gasteiger partial charge in [-0.3, -0.25) is 9.89 Å². The Morgan fingerprint density at radius 2 is 2.03 bits per heavy atom. The van der Waals surface area contributed by atoms with E-state index in [4.69, 9.17) is 26.3 Å². The first kappa shape index (κ1) is 23.1. The number of anilines is 1. The summed E-state index contributed by atoms with van der Waals surface area (Å²) in [5, 5.41) is 19.4. The van der Waals surface area contributed by atoms with Crippen molar-refractivity contribution < 1.29 is 14.3 Å². The molecule has 0 aliphatic carbocycles. The fourth-order valence-corrected chi connectivity index (χ4v) is 3.20. The lowest BCUT2D eigenvalue weighted by atomic mass is 10.2. The summed E-state index contributed by atoms with van der Waals surface area (Å²) in [5.74, 6) is 0.242. The van der Waals surface area contributed by atoms with E-state index in [0.29, 0.717) is 33.0 Å². The van der Waals surface area contributed by atoms with Crippen LogP contribution in [-0.4, -0.2) is 49.9 Å². The number of benzene rings is 1. The van der Waals surface area contributed by atoms with Gasteiger partial charge in [0.1, 0.15) is 17.3 Å². The second-order valence-corrected chi connectivity index (χ2v) is 7.89. The molecule has 3 heterocycles. The molecule has 0 bridgehead atoms. The van der Waals surface area contributed by atoms with Crippen LogP contribution in [0.5, 0.6) is 5.88 Å². The summed E-state index contributed by atoms with van der Waals surface area (Å²) in [6.45, 7) is 3.67. The smallest absolute Gasteiger partial charge is 0.269 e. The van der Waals surface area contributed by atoms with Crippen LogP contribution in [0, 0.1) is 11.3 Å². The second-order valence-electron chi connectivity index (χ2n) is 7.49. The van der Waals surface area contributed by atoms with E-state index in [1.54, 1.807) is 24.3 Å². The molecule has 1 aromatic carbocycles. The predicted molar refractivity (Wildman–Crippen MR) is 125 cm³/mol. The van der Waals surface area contributed by atoms with E-state index in [1.165, 1.54) is 18.5 Å². The zero-order chi connectivity index (χ0) is 24.1. The minimum absolute atomic E-state index is 0.0371. The summed E-state index contributed by atoms with van der Waals surface area (Å²) >= 11 is 6.33. The van der Waals surface area contributed by atoms with Crippen LogP contribution in [0.3, 0.4) is 0 Å². The maximum Gasteiger partial charge on any atom is 0.269 e. The van der Waals surface area contributed by atoms with E-state index >= 15 is 0 Å². The van der Waals surface area contributed by atoms with E-state index in [1.807, 2.05) is 26.0 Å². The predicted octanol–water partition coefficient (Wildman–Crippen LogP) is 3.75. The molecule has 0 spiro atoms. The van der Waals surface area contributed by atoms with Gasteiger partial charge in [-0.2, -0.15) is 15.3 Å². The molecule has 1 atom stereocenters. The fraction of sp³-hybridized carbons (Fsp3) is 0.217. The van der Waals surface area contributed by atoms with Gasteiger partial charge in [0.2, 0.25) is 12.0 Å². The first-order valence-electron chi connectivity index (χ1n) is 10.4. The molecule has 0 saturated heterocycles. The molecule has 1 unspecified atom stereocenters. The fourth-order valence-electron chi connectivity index (χ4n) is 2.98. The van der Waals surface area contributed by atoms with Crippen LogP contribution in [0.4, 0.5) is 5.82 Å². The van der Waals surface area contributed by atoms with Gasteiger partial charge in [-0.05, 0) is 38.1 Å². The third kappa shape index (κ3) is 5.28. The summed E-state index contributed by atoms with van der Waals surface area (Å²) < 4.78 is 11.7. The number of rotatable bonds is 8. The number of nitriles is 1. The Balaban J connectivity index is 1.65. The van der Waals surface area contributed by atoms with Crippen molar-refractivity contribution in [2.45, 2.75) is 26.1 Å². The first-order valence-corrected chi connectivity index (χ1v) is 10.7. The number of H-pyrrole nitrogens is 1. The highest BCUT2D eigenvalue weighted by atomic mass is 35.5. The van der Waals surface area contributed by atoms with E-state index < -0.39 is 12.0 Å². The number of carbonyl (C=O) groups is 1. The monoisotopic (exact) mass is 477 g/mol. The lowest BCUT2D eigenvalue weighted by molar-refractivity contribution is -0.126. The van der Waals surface area contributed by atoms with Crippen LogP contribution in [0.2, 0.25) is 5.02 Å². The highest BCUT2D eigenvalue weighted by molar-refractivity contribution is 6.33. The van der Waals surface area contributed by atoms with Crippen LogP contribution in [-0.2, 0) is 9.53 Å². The van der Waals surface area contributed by atoms with E-state index in [9.17, 15) is 4.79 Å². The number of halogens is 1. The standard InChI is InChI=1S/C23H20ClN7O3/c1-13(2)33-12-18(22(32)28-19-8-7-14(9-25)10-26-19)34-23-16-11-27-31-21(16)29-20(30-23)15-5-3-4-6-17(15)24/h3-8,10-11,13,18H,12H2,1-2H3,(H,26,28,32)(H,27,29,30,31). The topological polar surface area (TPSA) is 139 Å². The highest BCUT2D eigenvalue weighted by Gasteiger charge is 2.25. The summed E-state index contributed by atoms with van der Waals surface area (Å²) in [4.78, 5) is 26.1. The second kappa shape index (κ2) is 10.2. The molecule has 0 saturated carbocycles. The number of aromatic amines is 1. The molecular weight excluding hydrogens is 458 g/mol. The minimum Gasteiger partial charge on any atom is -0.461 e. The van der Waals surface area contributed by atoms with Crippen molar-refractivity contribution in [3.05, 3.63) is 59.4 Å². The molecular formula is C23H20ClN7O3. The lowest BCUT2D eigenvalue weighted by Gasteiger charge is -2.20. The Morgan fingerprint density at radius 3 is 2.74 bits per heavy atom. The Labute approximate surface area is 199 Å². The Kier molecular flexibility index (Phi) is 6.96. The van der Waals surface area contributed by atoms with Crippen LogP contribution in [0.1, 0.15) is 19.4 Å². The molecule has 0 aliphatic heterocycles. The lowest BCUT2D eigenvalue weighted by Crippen LogP contribution is -2.38. The van der Waals surface area contributed by atoms with Gasteiger partial charge in [0.15, 0.2) is 11.5 Å². The number of amides is 1. The molecule has 2 N–H and O–H groups in total. The molecule has 4 aromatic rings. The van der Waals surface area contributed by atoms with E-state index in [0.717, 1.165) is 0 Å². The average molecular weight is 478 g/mol. The number of fused-ring (bicyclic) bond motifs is 1. The van der Waals surface area contributed by atoms with Gasteiger partial charge >= 0.3 is 0 Å². The third-order valence-electron chi connectivity index (χ3n) is 4.66. The Bertz CT molecular complexity index is 1350. The zero-order valence-electron chi connectivity index (χ0n) is 18.3. The molecule has 0 fully saturated rings.